The summed E-state index contributed by atoms with van der Waals surface area (Å²) in [5, 5.41) is 23.3. The molecule has 1 aliphatic heterocycles. The van der Waals surface area contributed by atoms with Crippen LogP contribution in [0.4, 0.5) is 10.7 Å². The van der Waals surface area contributed by atoms with Gasteiger partial charge in [0, 0.05) is 17.8 Å². The van der Waals surface area contributed by atoms with Crippen molar-refractivity contribution >= 4 is 39.7 Å². The zero-order valence-corrected chi connectivity index (χ0v) is 15.0. The molecule has 130 valence electrons. The number of rotatable bonds is 1. The SMILES string of the molecule is CC(=O)[O-].CC1=Nc2sc(C)c(C)c2C(=O)[N+]1=Nc1ccc(O)cc1. The molecule has 2 heterocycles. The van der Waals surface area contributed by atoms with E-state index in [-0.39, 0.29) is 11.7 Å². The van der Waals surface area contributed by atoms with Gasteiger partial charge >= 0.3 is 11.7 Å². The molecule has 1 aromatic carbocycles. The van der Waals surface area contributed by atoms with Crippen molar-refractivity contribution in [1.82, 2.24) is 0 Å². The number of thiophene rings is 1. The lowest BCUT2D eigenvalue weighted by molar-refractivity contribution is -0.377. The van der Waals surface area contributed by atoms with Crippen LogP contribution in [0, 0.1) is 13.8 Å². The molecule has 1 amide bonds. The molecule has 2 aromatic rings. The maximum Gasteiger partial charge on any atom is 0.372 e. The Morgan fingerprint density at radius 3 is 2.36 bits per heavy atom. The van der Waals surface area contributed by atoms with Crippen molar-refractivity contribution < 1.29 is 24.5 Å². The minimum absolute atomic E-state index is 0.160. The molecule has 0 bridgehead atoms. The number of benzene rings is 1. The second kappa shape index (κ2) is 7.35. The van der Waals surface area contributed by atoms with Gasteiger partial charge in [0.1, 0.15) is 17.0 Å². The smallest absolute Gasteiger partial charge is 0.372 e. The van der Waals surface area contributed by atoms with Crippen LogP contribution < -0.4 is 5.11 Å². The van der Waals surface area contributed by atoms with Crippen molar-refractivity contribution in [3.63, 3.8) is 0 Å². The van der Waals surface area contributed by atoms with Crippen molar-refractivity contribution in [2.24, 2.45) is 10.1 Å². The van der Waals surface area contributed by atoms with Gasteiger partial charge in [-0.15, -0.1) is 0 Å². The molecule has 0 fully saturated rings. The van der Waals surface area contributed by atoms with E-state index in [1.54, 1.807) is 19.1 Å². The number of hydrogen-bond acceptors (Lipinski definition) is 7. The zero-order valence-electron chi connectivity index (χ0n) is 14.2. The summed E-state index contributed by atoms with van der Waals surface area (Å²) >= 11 is 1.52. The van der Waals surface area contributed by atoms with Crippen molar-refractivity contribution in [2.75, 3.05) is 0 Å². The first-order valence-electron chi connectivity index (χ1n) is 7.38. The summed E-state index contributed by atoms with van der Waals surface area (Å²) in [5.41, 5.74) is 2.18. The molecule has 0 saturated heterocycles. The number of fused-ring (bicyclic) bond motifs is 1. The van der Waals surface area contributed by atoms with Gasteiger partial charge < -0.3 is 15.0 Å². The normalized spacial score (nSPS) is 14.5. The molecular weight excluding hydrogens is 342 g/mol. The number of aromatic hydroxyl groups is 1. The highest BCUT2D eigenvalue weighted by atomic mass is 32.1. The minimum Gasteiger partial charge on any atom is -0.550 e. The summed E-state index contributed by atoms with van der Waals surface area (Å²) in [6.45, 7) is 6.64. The van der Waals surface area contributed by atoms with Gasteiger partial charge in [-0.25, -0.2) is 4.79 Å². The quantitative estimate of drug-likeness (QED) is 0.790. The number of aliphatic imine (C=N–C) groups is 1. The van der Waals surface area contributed by atoms with Crippen molar-refractivity contribution in [3.8, 4) is 5.75 Å². The predicted molar refractivity (Wildman–Crippen MR) is 92.0 cm³/mol. The summed E-state index contributed by atoms with van der Waals surface area (Å²) in [4.78, 5) is 27.1. The van der Waals surface area contributed by atoms with E-state index < -0.39 is 5.97 Å². The van der Waals surface area contributed by atoms with Crippen LogP contribution in [-0.2, 0) is 4.79 Å². The minimum atomic E-state index is -1.08. The summed E-state index contributed by atoms with van der Waals surface area (Å²) in [6.07, 6.45) is 0. The number of amidine groups is 1. The van der Waals surface area contributed by atoms with E-state index in [0.29, 0.717) is 17.1 Å². The van der Waals surface area contributed by atoms with Crippen molar-refractivity contribution in [1.29, 1.82) is 0 Å². The van der Waals surface area contributed by atoms with Gasteiger partial charge in [0.05, 0.1) is 0 Å². The second-order valence-corrected chi connectivity index (χ2v) is 6.55. The third kappa shape index (κ3) is 4.16. The first-order valence-corrected chi connectivity index (χ1v) is 8.20. The zero-order chi connectivity index (χ0) is 18.7. The van der Waals surface area contributed by atoms with Gasteiger partial charge in [-0.2, -0.15) is 0 Å². The first kappa shape index (κ1) is 18.5. The van der Waals surface area contributed by atoms with E-state index in [1.807, 2.05) is 13.8 Å². The van der Waals surface area contributed by atoms with Crippen LogP contribution in [0.3, 0.4) is 0 Å². The van der Waals surface area contributed by atoms with E-state index >= 15 is 0 Å². The predicted octanol–water partition coefficient (Wildman–Crippen LogP) is 2.83. The topological polar surface area (TPSA) is 105 Å². The van der Waals surface area contributed by atoms with Crippen LogP contribution in [0.5, 0.6) is 5.75 Å². The molecule has 1 aliphatic rings. The Labute approximate surface area is 148 Å². The summed E-state index contributed by atoms with van der Waals surface area (Å²) in [5.74, 6) is -0.537. The Kier molecular flexibility index (Phi) is 5.43. The number of aliphatic carboxylic acids is 1. The summed E-state index contributed by atoms with van der Waals surface area (Å²) < 4.78 is 1.31. The molecule has 3 rings (SSSR count). The van der Waals surface area contributed by atoms with Crippen LogP contribution in [0.2, 0.25) is 0 Å². The molecule has 0 atom stereocenters. The number of nitrogens with zero attached hydrogens (tertiary/aromatic N) is 3. The third-order valence-corrected chi connectivity index (χ3v) is 4.51. The summed E-state index contributed by atoms with van der Waals surface area (Å²) in [6, 6.07) is 6.37. The number of phenols is 1. The molecule has 7 nitrogen and oxygen atoms in total. The Hall–Kier alpha value is -2.87. The molecule has 8 heteroatoms. The number of aryl methyl sites for hydroxylation is 1. The maximum absolute atomic E-state index is 12.6. The number of hydrogen-bond donors (Lipinski definition) is 1. The Morgan fingerprint density at radius 2 is 1.80 bits per heavy atom. The number of phenolic OH excluding ortho intramolecular Hbond substituents is 1. The van der Waals surface area contributed by atoms with Crippen LogP contribution in [-0.4, -0.2) is 27.5 Å². The molecule has 0 saturated carbocycles. The van der Waals surface area contributed by atoms with Gasteiger partial charge in [-0.1, -0.05) is 21.1 Å². The number of carbonyl (C=O) groups is 2. The monoisotopic (exact) mass is 359 g/mol. The highest BCUT2D eigenvalue weighted by molar-refractivity contribution is 7.16. The molecule has 0 spiro atoms. The lowest BCUT2D eigenvalue weighted by Crippen LogP contribution is -2.27. The third-order valence-electron chi connectivity index (χ3n) is 3.41. The molecule has 0 radical (unpaired) electrons. The lowest BCUT2D eigenvalue weighted by Gasteiger charge is -2.05. The number of amides is 1. The Bertz CT molecular complexity index is 891. The fraction of sp³-hybridized carbons (Fsp3) is 0.235. The van der Waals surface area contributed by atoms with Crippen molar-refractivity contribution in [3.05, 3.63) is 40.3 Å². The molecule has 1 N–H and O–H groups in total. The number of carboxylic acids is 1. The fourth-order valence-corrected chi connectivity index (χ4v) is 3.20. The molecular formula is C17H17N3O4S. The van der Waals surface area contributed by atoms with Gasteiger partial charge in [0.2, 0.25) is 5.00 Å². The molecule has 0 aliphatic carbocycles. The van der Waals surface area contributed by atoms with Gasteiger partial charge in [-0.05, 0) is 55.6 Å². The highest BCUT2D eigenvalue weighted by Crippen LogP contribution is 2.37. The van der Waals surface area contributed by atoms with Gasteiger partial charge in [0.25, 0.3) is 0 Å². The Morgan fingerprint density at radius 1 is 1.24 bits per heavy atom. The molecule has 1 aromatic heterocycles. The van der Waals surface area contributed by atoms with E-state index in [4.69, 9.17) is 9.90 Å². The maximum atomic E-state index is 12.6. The largest absolute Gasteiger partial charge is 0.550 e. The standard InChI is InChI=1S/C15H13N3O2S.C2H4O2/c1-8-9(2)21-14-13(8)15(20)18(10(3)16-14)17-11-4-6-12(19)7-5-11;1-2(3)4/h4-7H,1-3H3;1H3,(H,3,4). The molecule has 0 unspecified atom stereocenters. The van der Waals surface area contributed by atoms with E-state index in [9.17, 15) is 9.90 Å². The van der Waals surface area contributed by atoms with E-state index in [2.05, 4.69) is 10.1 Å². The average Bonchev–Trinajstić information content (AvgIpc) is 2.79. The second-order valence-electron chi connectivity index (χ2n) is 5.35. The fourth-order valence-electron chi connectivity index (χ4n) is 2.14. The van der Waals surface area contributed by atoms with Gasteiger partial charge in [-0.3, -0.25) is 0 Å². The number of carbonyl (C=O) groups excluding carboxylic acids is 2. The Balaban J connectivity index is 0.000000511. The van der Waals surface area contributed by atoms with Crippen LogP contribution in [0.25, 0.3) is 0 Å². The lowest BCUT2D eigenvalue weighted by atomic mass is 10.1. The van der Waals surface area contributed by atoms with Crippen LogP contribution in [0.1, 0.15) is 34.6 Å². The van der Waals surface area contributed by atoms with E-state index in [0.717, 1.165) is 22.4 Å². The van der Waals surface area contributed by atoms with Crippen LogP contribution in [0.15, 0.2) is 34.4 Å². The molecule has 25 heavy (non-hydrogen) atoms. The van der Waals surface area contributed by atoms with Crippen LogP contribution >= 0.6 is 11.3 Å². The van der Waals surface area contributed by atoms with E-state index in [1.165, 1.54) is 28.2 Å². The highest BCUT2D eigenvalue weighted by Gasteiger charge is 2.36. The van der Waals surface area contributed by atoms with Crippen molar-refractivity contribution in [2.45, 2.75) is 27.7 Å². The number of azo groups is 2. The number of carboxylic acid groups (broad SMARTS) is 1. The van der Waals surface area contributed by atoms with Gasteiger partial charge in [0.15, 0.2) is 0 Å². The average molecular weight is 359 g/mol. The first-order chi connectivity index (χ1) is 11.7. The summed E-state index contributed by atoms with van der Waals surface area (Å²) in [7, 11) is 0.